The van der Waals surface area contributed by atoms with E-state index in [2.05, 4.69) is 30.0 Å². The van der Waals surface area contributed by atoms with Crippen molar-refractivity contribution >= 4 is 5.82 Å². The topological polar surface area (TPSA) is 67.7 Å². The third-order valence-corrected chi connectivity index (χ3v) is 4.33. The molecule has 0 saturated carbocycles. The highest BCUT2D eigenvalue weighted by Crippen LogP contribution is 2.26. The van der Waals surface area contributed by atoms with Crippen molar-refractivity contribution in [3.8, 4) is 11.3 Å². The highest BCUT2D eigenvalue weighted by Gasteiger charge is 2.20. The van der Waals surface area contributed by atoms with E-state index in [4.69, 9.17) is 0 Å². The van der Waals surface area contributed by atoms with Crippen LogP contribution in [0.25, 0.3) is 11.3 Å². The molecule has 0 atom stereocenters. The average Bonchev–Trinajstić information content (AvgIpc) is 2.86. The molecule has 0 bridgehead atoms. The maximum Gasteiger partial charge on any atom is 0.151 e. The van der Waals surface area contributed by atoms with Crippen molar-refractivity contribution in [3.63, 3.8) is 0 Å². The molecule has 3 aromatic rings. The zero-order valence-electron chi connectivity index (χ0n) is 13.6. The summed E-state index contributed by atoms with van der Waals surface area (Å²) in [6.07, 6.45) is 7.05. The van der Waals surface area contributed by atoms with Crippen molar-refractivity contribution in [1.82, 2.24) is 25.1 Å². The number of nitrogens with zero attached hydrogens (tertiary/aromatic N) is 6. The molecule has 0 aromatic carbocycles. The van der Waals surface area contributed by atoms with Gasteiger partial charge in [0.05, 0.1) is 11.4 Å². The summed E-state index contributed by atoms with van der Waals surface area (Å²) in [6, 6.07) is 8.02. The quantitative estimate of drug-likeness (QED) is 0.722. The summed E-state index contributed by atoms with van der Waals surface area (Å²) in [5.41, 5.74) is 5.30. The first-order valence-corrected chi connectivity index (χ1v) is 8.10. The van der Waals surface area contributed by atoms with Crippen LogP contribution >= 0.6 is 0 Å². The third-order valence-electron chi connectivity index (χ3n) is 4.33. The van der Waals surface area contributed by atoms with Gasteiger partial charge in [0.15, 0.2) is 5.82 Å². The Kier molecular flexibility index (Phi) is 3.86. The molecule has 0 fully saturated rings. The van der Waals surface area contributed by atoms with Gasteiger partial charge < -0.3 is 4.90 Å². The summed E-state index contributed by atoms with van der Waals surface area (Å²) in [5, 5.41) is 8.49. The number of fused-ring (bicyclic) bond motifs is 1. The van der Waals surface area contributed by atoms with Crippen molar-refractivity contribution in [2.45, 2.75) is 19.8 Å². The van der Waals surface area contributed by atoms with Crippen LogP contribution in [0, 0.1) is 6.92 Å². The van der Waals surface area contributed by atoms with E-state index in [0.717, 1.165) is 54.4 Å². The molecule has 0 N–H and O–H groups in total. The smallest absolute Gasteiger partial charge is 0.151 e. The fourth-order valence-corrected chi connectivity index (χ4v) is 3.07. The Balaban J connectivity index is 1.65. The van der Waals surface area contributed by atoms with Crippen molar-refractivity contribution in [2.75, 3.05) is 18.0 Å². The van der Waals surface area contributed by atoms with Crippen LogP contribution in [0.5, 0.6) is 0 Å². The summed E-state index contributed by atoms with van der Waals surface area (Å²) in [7, 11) is 0. The minimum Gasteiger partial charge on any atom is -0.354 e. The fraction of sp³-hybridized carbons (Fsp3) is 0.278. The summed E-state index contributed by atoms with van der Waals surface area (Å²) >= 11 is 0. The zero-order valence-corrected chi connectivity index (χ0v) is 13.6. The van der Waals surface area contributed by atoms with Crippen molar-refractivity contribution in [3.05, 3.63) is 59.9 Å². The van der Waals surface area contributed by atoms with E-state index in [1.54, 1.807) is 12.5 Å². The van der Waals surface area contributed by atoms with Gasteiger partial charge in [-0.1, -0.05) is 0 Å². The minimum absolute atomic E-state index is 0.876. The predicted octanol–water partition coefficient (Wildman–Crippen LogP) is 2.24. The average molecular weight is 318 g/mol. The molecule has 6 heteroatoms. The molecular formula is C18H18N6. The van der Waals surface area contributed by atoms with E-state index >= 15 is 0 Å². The lowest BCUT2D eigenvalue weighted by molar-refractivity contribution is 0.771. The van der Waals surface area contributed by atoms with Gasteiger partial charge in [0.1, 0.15) is 6.33 Å². The second-order valence-electron chi connectivity index (χ2n) is 5.91. The molecule has 1 aliphatic rings. The zero-order chi connectivity index (χ0) is 16.4. The molecule has 24 heavy (non-hydrogen) atoms. The van der Waals surface area contributed by atoms with Gasteiger partial charge in [-0.15, -0.1) is 5.10 Å². The maximum absolute atomic E-state index is 4.52. The lowest BCUT2D eigenvalue weighted by Gasteiger charge is -2.20. The summed E-state index contributed by atoms with van der Waals surface area (Å²) in [4.78, 5) is 15.5. The normalized spacial score (nSPS) is 14.1. The second kappa shape index (κ2) is 6.31. The van der Waals surface area contributed by atoms with Gasteiger partial charge in [0, 0.05) is 48.7 Å². The van der Waals surface area contributed by atoms with E-state index in [9.17, 15) is 0 Å². The number of anilines is 1. The van der Waals surface area contributed by atoms with E-state index in [1.165, 1.54) is 5.56 Å². The van der Waals surface area contributed by atoms with Crippen LogP contribution in [0.1, 0.15) is 17.0 Å². The Hall–Kier alpha value is -2.89. The lowest BCUT2D eigenvalue weighted by atomic mass is 10.0. The Morgan fingerprint density at radius 3 is 2.71 bits per heavy atom. The molecule has 4 heterocycles. The molecule has 120 valence electrons. The van der Waals surface area contributed by atoms with Gasteiger partial charge >= 0.3 is 0 Å². The van der Waals surface area contributed by atoms with E-state index in [1.807, 2.05) is 37.4 Å². The Bertz CT molecular complexity index is 832. The molecule has 0 aliphatic carbocycles. The molecule has 0 unspecified atom stereocenters. The molecule has 1 aliphatic heterocycles. The number of aryl methyl sites for hydroxylation is 1. The van der Waals surface area contributed by atoms with Crippen LogP contribution in [0.3, 0.4) is 0 Å². The van der Waals surface area contributed by atoms with Crippen LogP contribution in [0.4, 0.5) is 5.82 Å². The molecule has 0 amide bonds. The Morgan fingerprint density at radius 1 is 1.00 bits per heavy atom. The van der Waals surface area contributed by atoms with Crippen molar-refractivity contribution in [2.24, 2.45) is 0 Å². The lowest BCUT2D eigenvalue weighted by Crippen LogP contribution is -2.27. The summed E-state index contributed by atoms with van der Waals surface area (Å²) in [5.74, 6) is 0.921. The van der Waals surface area contributed by atoms with Crippen LogP contribution < -0.4 is 4.90 Å². The first-order valence-electron chi connectivity index (χ1n) is 8.10. The van der Waals surface area contributed by atoms with Gasteiger partial charge in [-0.05, 0) is 37.6 Å². The second-order valence-corrected chi connectivity index (χ2v) is 5.91. The van der Waals surface area contributed by atoms with Gasteiger partial charge in [-0.25, -0.2) is 9.97 Å². The first kappa shape index (κ1) is 14.7. The number of pyridine rings is 1. The Morgan fingerprint density at radius 2 is 1.92 bits per heavy atom. The monoisotopic (exact) mass is 318 g/mol. The third kappa shape index (κ3) is 2.82. The Labute approximate surface area is 140 Å². The highest BCUT2D eigenvalue weighted by molar-refractivity contribution is 5.63. The first-order chi connectivity index (χ1) is 11.8. The van der Waals surface area contributed by atoms with Crippen LogP contribution in [0.2, 0.25) is 0 Å². The van der Waals surface area contributed by atoms with E-state index < -0.39 is 0 Å². The molecule has 6 nitrogen and oxygen atoms in total. The molecular weight excluding hydrogens is 300 g/mol. The van der Waals surface area contributed by atoms with Gasteiger partial charge in [-0.3, -0.25) is 4.98 Å². The van der Waals surface area contributed by atoms with Gasteiger partial charge in [-0.2, -0.15) is 5.10 Å². The van der Waals surface area contributed by atoms with Crippen LogP contribution in [-0.4, -0.2) is 38.2 Å². The maximum atomic E-state index is 4.52. The fourth-order valence-electron chi connectivity index (χ4n) is 3.07. The molecule has 4 rings (SSSR count). The predicted molar refractivity (Wildman–Crippen MR) is 91.7 cm³/mol. The standard InChI is InChI=1S/C18H18N6/c1-13-4-5-17(23-22-13)24-9-6-15-16(7-10-24)20-12-21-18(15)14-3-2-8-19-11-14/h2-5,8,11-12H,6-7,9-10H2,1H3. The van der Waals surface area contributed by atoms with Crippen LogP contribution in [-0.2, 0) is 12.8 Å². The van der Waals surface area contributed by atoms with Crippen LogP contribution in [0.15, 0.2) is 43.0 Å². The number of hydrogen-bond acceptors (Lipinski definition) is 6. The summed E-state index contributed by atoms with van der Waals surface area (Å²) < 4.78 is 0. The van der Waals surface area contributed by atoms with Crippen molar-refractivity contribution < 1.29 is 0 Å². The molecule has 0 spiro atoms. The number of aromatic nitrogens is 5. The molecule has 0 saturated heterocycles. The molecule has 3 aromatic heterocycles. The van der Waals surface area contributed by atoms with E-state index in [0.29, 0.717) is 0 Å². The molecule has 0 radical (unpaired) electrons. The van der Waals surface area contributed by atoms with Gasteiger partial charge in [0.25, 0.3) is 0 Å². The van der Waals surface area contributed by atoms with E-state index in [-0.39, 0.29) is 0 Å². The minimum atomic E-state index is 0.876. The number of rotatable bonds is 2. The van der Waals surface area contributed by atoms with Gasteiger partial charge in [0.2, 0.25) is 0 Å². The number of hydrogen-bond donors (Lipinski definition) is 0. The summed E-state index contributed by atoms with van der Waals surface area (Å²) in [6.45, 7) is 3.71. The largest absolute Gasteiger partial charge is 0.354 e. The SMILES string of the molecule is Cc1ccc(N2CCc3ncnc(-c4cccnc4)c3CC2)nn1. The van der Waals surface area contributed by atoms with Crippen molar-refractivity contribution in [1.29, 1.82) is 0 Å². The highest BCUT2D eigenvalue weighted by atomic mass is 15.3.